The molecule has 0 spiro atoms. The van der Waals surface area contributed by atoms with Crippen LogP contribution in [0.15, 0.2) is 22.7 Å². The summed E-state index contributed by atoms with van der Waals surface area (Å²) >= 11 is 3.56. The number of fused-ring (bicyclic) bond motifs is 1. The number of methoxy groups -OCH3 is 1. The average molecular weight is 324 g/mol. The van der Waals surface area contributed by atoms with Crippen molar-refractivity contribution in [2.45, 2.75) is 26.2 Å². The lowest BCUT2D eigenvalue weighted by Gasteiger charge is -2.23. The molecule has 0 saturated heterocycles. The van der Waals surface area contributed by atoms with E-state index in [-0.39, 0.29) is 5.41 Å². The number of nitrogens with two attached hydrogens (primary N) is 1. The fourth-order valence-electron chi connectivity index (χ4n) is 2.05. The van der Waals surface area contributed by atoms with Crippen LogP contribution in [-0.4, -0.2) is 12.1 Å². The van der Waals surface area contributed by atoms with Crippen LogP contribution in [0.3, 0.4) is 0 Å². The zero-order chi connectivity index (χ0) is 14.2. The number of halogens is 1. The summed E-state index contributed by atoms with van der Waals surface area (Å²) in [4.78, 5) is 4.60. The molecule has 0 aliphatic heterocycles. The number of nitrogens with one attached hydrogen (secondary N) is 1. The number of ether oxygens (including phenoxy) is 1. The molecule has 1 aromatic heterocycles. The van der Waals surface area contributed by atoms with E-state index in [2.05, 4.69) is 53.2 Å². The maximum Gasteiger partial charge on any atom is 0.145 e. The van der Waals surface area contributed by atoms with Crippen molar-refractivity contribution in [3.05, 3.63) is 28.2 Å². The first-order valence-electron chi connectivity index (χ1n) is 6.03. The molecule has 0 amide bonds. The molecule has 102 valence electrons. The van der Waals surface area contributed by atoms with Crippen LogP contribution in [0.1, 0.15) is 26.3 Å². The molecule has 0 radical (unpaired) electrons. The molecule has 2 aromatic rings. The van der Waals surface area contributed by atoms with Gasteiger partial charge in [-0.2, -0.15) is 0 Å². The number of nitrogens with zero attached hydrogens (tertiary/aromatic N) is 1. The fraction of sp³-hybridized carbons (Fsp3) is 0.357. The Labute approximate surface area is 121 Å². The molecule has 2 rings (SSSR count). The number of rotatable bonds is 2. The molecule has 3 N–H and O–H groups in total. The predicted octanol–water partition coefficient (Wildman–Crippen LogP) is 3.59. The molecular weight excluding hydrogens is 306 g/mol. The second kappa shape index (κ2) is 4.98. The smallest absolute Gasteiger partial charge is 0.145 e. The Morgan fingerprint density at radius 2 is 2.00 bits per heavy atom. The van der Waals surface area contributed by atoms with Gasteiger partial charge in [0.25, 0.3) is 0 Å². The van der Waals surface area contributed by atoms with Gasteiger partial charge in [0.2, 0.25) is 0 Å². The Morgan fingerprint density at radius 3 is 2.53 bits per heavy atom. The van der Waals surface area contributed by atoms with E-state index in [1.54, 1.807) is 7.11 Å². The molecule has 0 bridgehead atoms. The van der Waals surface area contributed by atoms with Crippen molar-refractivity contribution < 1.29 is 4.74 Å². The van der Waals surface area contributed by atoms with Crippen molar-refractivity contribution in [1.82, 2.24) is 4.98 Å². The molecule has 0 saturated carbocycles. The van der Waals surface area contributed by atoms with Gasteiger partial charge in [0.15, 0.2) is 0 Å². The van der Waals surface area contributed by atoms with Gasteiger partial charge in [-0.25, -0.2) is 10.8 Å². The predicted molar refractivity (Wildman–Crippen MR) is 82.5 cm³/mol. The van der Waals surface area contributed by atoms with Crippen LogP contribution < -0.4 is 16.0 Å². The molecule has 1 heterocycles. The first kappa shape index (κ1) is 14.1. The SMILES string of the molecule is COc1ccc(Br)c2cc(C(C)(C)C)c(NN)nc12. The summed E-state index contributed by atoms with van der Waals surface area (Å²) < 4.78 is 6.35. The Balaban J connectivity index is 2.85. The van der Waals surface area contributed by atoms with Crippen molar-refractivity contribution in [2.24, 2.45) is 5.84 Å². The normalized spacial score (nSPS) is 11.7. The minimum atomic E-state index is -0.0502. The average Bonchev–Trinajstić information content (AvgIpc) is 2.37. The number of hydrogen-bond acceptors (Lipinski definition) is 4. The lowest BCUT2D eigenvalue weighted by Crippen LogP contribution is -2.19. The molecule has 0 aliphatic carbocycles. The molecule has 0 unspecified atom stereocenters. The van der Waals surface area contributed by atoms with E-state index in [4.69, 9.17) is 10.6 Å². The summed E-state index contributed by atoms with van der Waals surface area (Å²) in [5, 5.41) is 1.02. The number of hydrogen-bond donors (Lipinski definition) is 2. The maximum atomic E-state index is 5.60. The quantitative estimate of drug-likeness (QED) is 0.655. The standard InChI is InChI=1S/C14H18BrN3O/c1-14(2,3)9-7-8-10(15)5-6-11(19-4)12(8)17-13(9)18-16/h5-7H,16H2,1-4H3,(H,17,18). The van der Waals surface area contributed by atoms with Gasteiger partial charge in [-0.05, 0) is 23.6 Å². The molecular formula is C14H18BrN3O. The molecule has 0 fully saturated rings. The van der Waals surface area contributed by atoms with Crippen molar-refractivity contribution in [1.29, 1.82) is 0 Å². The van der Waals surface area contributed by atoms with Crippen molar-refractivity contribution in [3.8, 4) is 5.75 Å². The van der Waals surface area contributed by atoms with Crippen molar-refractivity contribution >= 4 is 32.7 Å². The van der Waals surface area contributed by atoms with Gasteiger partial charge in [0.05, 0.1) is 7.11 Å². The Morgan fingerprint density at radius 1 is 1.32 bits per heavy atom. The van der Waals surface area contributed by atoms with E-state index < -0.39 is 0 Å². The monoisotopic (exact) mass is 323 g/mol. The van der Waals surface area contributed by atoms with Crippen molar-refractivity contribution in [2.75, 3.05) is 12.5 Å². The highest BCUT2D eigenvalue weighted by Gasteiger charge is 2.21. The highest BCUT2D eigenvalue weighted by molar-refractivity contribution is 9.10. The number of nitrogen functional groups attached to an aromatic ring is 1. The topological polar surface area (TPSA) is 60.2 Å². The zero-order valence-electron chi connectivity index (χ0n) is 11.5. The third-order valence-corrected chi connectivity index (χ3v) is 3.75. The van der Waals surface area contributed by atoms with Crippen LogP contribution >= 0.6 is 15.9 Å². The highest BCUT2D eigenvalue weighted by atomic mass is 79.9. The zero-order valence-corrected chi connectivity index (χ0v) is 13.1. The van der Waals surface area contributed by atoms with Crippen LogP contribution in [0.4, 0.5) is 5.82 Å². The van der Waals surface area contributed by atoms with E-state index in [0.29, 0.717) is 5.82 Å². The molecule has 19 heavy (non-hydrogen) atoms. The first-order valence-corrected chi connectivity index (χ1v) is 6.82. The Bertz CT molecular complexity index is 620. The van der Waals surface area contributed by atoms with Crippen LogP contribution in [0.5, 0.6) is 5.75 Å². The highest BCUT2D eigenvalue weighted by Crippen LogP contribution is 2.36. The second-order valence-electron chi connectivity index (χ2n) is 5.42. The largest absolute Gasteiger partial charge is 0.494 e. The summed E-state index contributed by atoms with van der Waals surface area (Å²) in [6, 6.07) is 5.95. The lowest BCUT2D eigenvalue weighted by atomic mass is 9.86. The van der Waals surface area contributed by atoms with Gasteiger partial charge >= 0.3 is 0 Å². The fourth-order valence-corrected chi connectivity index (χ4v) is 2.48. The Hall–Kier alpha value is -1.33. The van der Waals surface area contributed by atoms with Gasteiger partial charge in [-0.15, -0.1) is 0 Å². The summed E-state index contributed by atoms with van der Waals surface area (Å²) in [6.45, 7) is 6.39. The number of hydrazine groups is 1. The summed E-state index contributed by atoms with van der Waals surface area (Å²) in [5.41, 5.74) is 4.49. The molecule has 1 aromatic carbocycles. The number of benzene rings is 1. The van der Waals surface area contributed by atoms with Crippen LogP contribution in [0, 0.1) is 0 Å². The van der Waals surface area contributed by atoms with Crippen LogP contribution in [0.25, 0.3) is 10.9 Å². The van der Waals surface area contributed by atoms with E-state index >= 15 is 0 Å². The van der Waals surface area contributed by atoms with Gasteiger partial charge in [0.1, 0.15) is 17.1 Å². The number of pyridine rings is 1. The van der Waals surface area contributed by atoms with Gasteiger partial charge in [-0.3, -0.25) is 0 Å². The summed E-state index contributed by atoms with van der Waals surface area (Å²) in [7, 11) is 1.64. The van der Waals surface area contributed by atoms with Crippen LogP contribution in [-0.2, 0) is 5.41 Å². The minimum absolute atomic E-state index is 0.0502. The summed E-state index contributed by atoms with van der Waals surface area (Å²) in [5.74, 6) is 7.01. The Kier molecular flexibility index (Phi) is 3.69. The van der Waals surface area contributed by atoms with Gasteiger partial charge in [0, 0.05) is 15.4 Å². The van der Waals surface area contributed by atoms with E-state index in [1.165, 1.54) is 0 Å². The molecule has 0 aliphatic rings. The third kappa shape index (κ3) is 2.53. The molecule has 0 atom stereocenters. The maximum absolute atomic E-state index is 5.60. The first-order chi connectivity index (χ1) is 8.88. The minimum Gasteiger partial charge on any atom is -0.494 e. The van der Waals surface area contributed by atoms with Crippen LogP contribution in [0.2, 0.25) is 0 Å². The second-order valence-corrected chi connectivity index (χ2v) is 6.28. The number of anilines is 1. The lowest BCUT2D eigenvalue weighted by molar-refractivity contribution is 0.419. The third-order valence-electron chi connectivity index (χ3n) is 3.06. The van der Waals surface area contributed by atoms with Gasteiger partial charge in [-0.1, -0.05) is 36.7 Å². The molecule has 5 heteroatoms. The van der Waals surface area contributed by atoms with E-state index in [0.717, 1.165) is 26.7 Å². The van der Waals surface area contributed by atoms with Crippen molar-refractivity contribution in [3.63, 3.8) is 0 Å². The molecule has 4 nitrogen and oxygen atoms in total. The number of aromatic nitrogens is 1. The van der Waals surface area contributed by atoms with E-state index in [1.807, 2.05) is 12.1 Å². The summed E-state index contributed by atoms with van der Waals surface area (Å²) in [6.07, 6.45) is 0. The van der Waals surface area contributed by atoms with E-state index in [9.17, 15) is 0 Å². The van der Waals surface area contributed by atoms with Gasteiger partial charge < -0.3 is 10.2 Å².